The van der Waals surface area contributed by atoms with Gasteiger partial charge in [-0.25, -0.2) is 4.85 Å². The smallest absolute Gasteiger partial charge is 0.228 e. The van der Waals surface area contributed by atoms with Crippen LogP contribution in [0, 0.1) is 12.5 Å². The average Bonchev–Trinajstić information content (AvgIpc) is 2.68. The van der Waals surface area contributed by atoms with Gasteiger partial charge in [0.2, 0.25) is 5.69 Å². The van der Waals surface area contributed by atoms with Crippen molar-refractivity contribution in [1.29, 1.82) is 0 Å². The number of piperidine rings is 1. The van der Waals surface area contributed by atoms with Crippen LogP contribution in [-0.2, 0) is 0 Å². The monoisotopic (exact) mass is 343 g/mol. The summed E-state index contributed by atoms with van der Waals surface area (Å²) in [6.07, 6.45) is 4.28. The predicted molar refractivity (Wildman–Crippen MR) is 106 cm³/mol. The molecule has 4 rings (SSSR count). The Hall–Kier alpha value is -3.06. The zero-order valence-electron chi connectivity index (χ0n) is 14.8. The van der Waals surface area contributed by atoms with Gasteiger partial charge in [-0.3, -0.25) is 4.98 Å². The Morgan fingerprint density at radius 3 is 2.73 bits per heavy atom. The third-order valence-electron chi connectivity index (χ3n) is 5.29. The molecule has 0 spiro atoms. The Kier molecular flexibility index (Phi) is 4.22. The van der Waals surface area contributed by atoms with Crippen molar-refractivity contribution in [1.82, 2.24) is 4.98 Å². The van der Waals surface area contributed by atoms with Crippen LogP contribution in [0.3, 0.4) is 0 Å². The van der Waals surface area contributed by atoms with E-state index in [-0.39, 0.29) is 11.4 Å². The summed E-state index contributed by atoms with van der Waals surface area (Å²) in [5.74, 6) is 0.822. The number of nitrogens with zero attached hydrogens (tertiary/aromatic N) is 3. The van der Waals surface area contributed by atoms with Gasteiger partial charge in [-0.15, -0.1) is 0 Å². The summed E-state index contributed by atoms with van der Waals surface area (Å²) in [5.41, 5.74) is 4.01. The van der Waals surface area contributed by atoms with Crippen LogP contribution >= 0.6 is 0 Å². The number of aromatic hydroxyl groups is 1. The van der Waals surface area contributed by atoms with Crippen molar-refractivity contribution in [2.24, 2.45) is 5.92 Å². The van der Waals surface area contributed by atoms with Gasteiger partial charge >= 0.3 is 0 Å². The molecule has 0 bridgehead atoms. The Balaban J connectivity index is 1.82. The number of benzene rings is 2. The van der Waals surface area contributed by atoms with E-state index in [1.807, 2.05) is 30.5 Å². The standard InChI is InChI=1S/C22H21N3O/c1-15-9-12-25(13-10-15)21-8-11-24-19-7-6-16(14-18(19)21)17-4-3-5-20(23-2)22(17)26/h3-8,11,14-15,26H,9-10,12-13H2,1H3. The first kappa shape index (κ1) is 16.4. The number of aromatic nitrogens is 1. The number of pyridine rings is 1. The highest BCUT2D eigenvalue weighted by atomic mass is 16.3. The van der Waals surface area contributed by atoms with Crippen LogP contribution in [0.2, 0.25) is 0 Å². The summed E-state index contributed by atoms with van der Waals surface area (Å²) >= 11 is 0. The lowest BCUT2D eigenvalue weighted by Crippen LogP contribution is -2.32. The highest BCUT2D eigenvalue weighted by Gasteiger charge is 2.18. The van der Waals surface area contributed by atoms with Crippen LogP contribution in [0.5, 0.6) is 5.75 Å². The third kappa shape index (κ3) is 2.86. The van der Waals surface area contributed by atoms with Gasteiger partial charge in [0.1, 0.15) is 5.75 Å². The lowest BCUT2D eigenvalue weighted by atomic mass is 9.97. The molecule has 1 aromatic heterocycles. The topological polar surface area (TPSA) is 40.7 Å². The maximum Gasteiger partial charge on any atom is 0.228 e. The molecular formula is C22H21N3O. The van der Waals surface area contributed by atoms with Crippen molar-refractivity contribution in [2.75, 3.05) is 18.0 Å². The summed E-state index contributed by atoms with van der Waals surface area (Å²) < 4.78 is 0. The highest BCUT2D eigenvalue weighted by molar-refractivity contribution is 5.95. The quantitative estimate of drug-likeness (QED) is 0.634. The normalized spacial score (nSPS) is 15.2. The molecule has 130 valence electrons. The number of hydrogen-bond donors (Lipinski definition) is 1. The van der Waals surface area contributed by atoms with E-state index in [1.54, 1.807) is 6.07 Å². The summed E-state index contributed by atoms with van der Waals surface area (Å²) in [6.45, 7) is 11.6. The summed E-state index contributed by atoms with van der Waals surface area (Å²) in [6, 6.07) is 13.4. The number of anilines is 1. The second kappa shape index (κ2) is 6.68. The minimum absolute atomic E-state index is 0.0408. The lowest BCUT2D eigenvalue weighted by molar-refractivity contribution is 0.439. The van der Waals surface area contributed by atoms with Gasteiger partial charge in [0, 0.05) is 35.9 Å². The maximum atomic E-state index is 10.4. The summed E-state index contributed by atoms with van der Waals surface area (Å²) in [4.78, 5) is 10.3. The second-order valence-corrected chi connectivity index (χ2v) is 7.02. The van der Waals surface area contributed by atoms with Crippen molar-refractivity contribution in [3.8, 4) is 16.9 Å². The number of hydrogen-bond acceptors (Lipinski definition) is 3. The predicted octanol–water partition coefficient (Wildman–Crippen LogP) is 5.39. The summed E-state index contributed by atoms with van der Waals surface area (Å²) in [5, 5.41) is 11.5. The molecule has 1 N–H and O–H groups in total. The van der Waals surface area contributed by atoms with Gasteiger partial charge in [0.15, 0.2) is 0 Å². The van der Waals surface area contributed by atoms with Crippen LogP contribution in [0.4, 0.5) is 11.4 Å². The van der Waals surface area contributed by atoms with Crippen LogP contribution in [0.1, 0.15) is 19.8 Å². The van der Waals surface area contributed by atoms with Gasteiger partial charge in [-0.1, -0.05) is 31.2 Å². The molecule has 3 aromatic rings. The Morgan fingerprint density at radius 2 is 1.96 bits per heavy atom. The van der Waals surface area contributed by atoms with Gasteiger partial charge < -0.3 is 10.0 Å². The first-order chi connectivity index (χ1) is 12.7. The van der Waals surface area contributed by atoms with Crippen LogP contribution in [-0.4, -0.2) is 23.2 Å². The molecule has 1 aliphatic heterocycles. The molecule has 2 aromatic carbocycles. The van der Waals surface area contributed by atoms with Crippen LogP contribution in [0.25, 0.3) is 26.9 Å². The van der Waals surface area contributed by atoms with E-state index in [4.69, 9.17) is 6.57 Å². The van der Waals surface area contributed by atoms with Crippen LogP contribution < -0.4 is 4.90 Å². The van der Waals surface area contributed by atoms with Gasteiger partial charge in [-0.05, 0) is 42.5 Å². The molecule has 0 radical (unpaired) electrons. The molecule has 0 atom stereocenters. The van der Waals surface area contributed by atoms with Gasteiger partial charge in [0.05, 0.1) is 12.1 Å². The zero-order chi connectivity index (χ0) is 18.1. The fourth-order valence-electron chi connectivity index (χ4n) is 3.68. The van der Waals surface area contributed by atoms with Crippen LogP contribution in [0.15, 0.2) is 48.7 Å². The fraction of sp³-hybridized carbons (Fsp3) is 0.273. The lowest BCUT2D eigenvalue weighted by Gasteiger charge is -2.32. The number of rotatable bonds is 2. The minimum Gasteiger partial charge on any atom is -0.518 e. The Morgan fingerprint density at radius 1 is 1.15 bits per heavy atom. The largest absolute Gasteiger partial charge is 0.518 e. The van der Waals surface area contributed by atoms with Gasteiger partial charge in [0.25, 0.3) is 0 Å². The van der Waals surface area contributed by atoms with E-state index in [0.717, 1.165) is 35.5 Å². The minimum atomic E-state index is 0.0408. The van der Waals surface area contributed by atoms with E-state index in [9.17, 15) is 5.11 Å². The molecule has 4 heteroatoms. The van der Waals surface area contributed by atoms with E-state index in [2.05, 4.69) is 33.8 Å². The molecule has 0 unspecified atom stereocenters. The molecule has 0 saturated carbocycles. The number of para-hydroxylation sites is 1. The molecule has 0 aliphatic carbocycles. The van der Waals surface area contributed by atoms with Crippen molar-refractivity contribution in [3.05, 3.63) is 60.1 Å². The number of phenols is 1. The summed E-state index contributed by atoms with van der Waals surface area (Å²) in [7, 11) is 0. The van der Waals surface area contributed by atoms with E-state index in [0.29, 0.717) is 5.56 Å². The molecule has 0 amide bonds. The van der Waals surface area contributed by atoms with Crippen molar-refractivity contribution in [3.63, 3.8) is 0 Å². The second-order valence-electron chi connectivity index (χ2n) is 7.02. The fourth-order valence-corrected chi connectivity index (χ4v) is 3.68. The van der Waals surface area contributed by atoms with E-state index < -0.39 is 0 Å². The Bertz CT molecular complexity index is 998. The number of fused-ring (bicyclic) bond motifs is 1. The molecule has 2 heterocycles. The average molecular weight is 343 g/mol. The maximum absolute atomic E-state index is 10.4. The third-order valence-corrected chi connectivity index (χ3v) is 5.29. The Labute approximate surface area is 153 Å². The molecule has 4 nitrogen and oxygen atoms in total. The molecule has 26 heavy (non-hydrogen) atoms. The first-order valence-corrected chi connectivity index (χ1v) is 9.01. The first-order valence-electron chi connectivity index (χ1n) is 9.01. The SMILES string of the molecule is [C-]#[N+]c1cccc(-c2ccc3nccc(N4CCC(C)CC4)c3c2)c1O. The van der Waals surface area contributed by atoms with Crippen molar-refractivity contribution < 1.29 is 5.11 Å². The molecule has 1 fully saturated rings. The van der Waals surface area contributed by atoms with E-state index in [1.165, 1.54) is 18.5 Å². The number of phenolic OH excluding ortho intramolecular Hbond substituents is 1. The van der Waals surface area contributed by atoms with Crippen molar-refractivity contribution >= 4 is 22.3 Å². The van der Waals surface area contributed by atoms with Gasteiger partial charge in [-0.2, -0.15) is 0 Å². The highest BCUT2D eigenvalue weighted by Crippen LogP contribution is 2.39. The van der Waals surface area contributed by atoms with Crippen molar-refractivity contribution in [2.45, 2.75) is 19.8 Å². The molecular weight excluding hydrogens is 322 g/mol. The van der Waals surface area contributed by atoms with E-state index >= 15 is 0 Å². The zero-order valence-corrected chi connectivity index (χ0v) is 14.8. The molecule has 1 aliphatic rings. The molecule has 1 saturated heterocycles.